The highest BCUT2D eigenvalue weighted by molar-refractivity contribution is 5.69. The summed E-state index contributed by atoms with van der Waals surface area (Å²) in [6.07, 6.45) is 1.98. The maximum atomic E-state index is 14.4. The molecule has 1 atom stereocenters. The third-order valence-corrected chi connectivity index (χ3v) is 6.69. The van der Waals surface area contributed by atoms with E-state index in [1.54, 1.807) is 12.1 Å². The maximum Gasteiger partial charge on any atom is 0.270 e. The second-order valence-electron chi connectivity index (χ2n) is 9.45. The molecule has 0 amide bonds. The Labute approximate surface area is 227 Å². The van der Waals surface area contributed by atoms with Crippen LogP contribution in [0.2, 0.25) is 0 Å². The number of azo groups is 1. The zero-order valence-electron chi connectivity index (χ0n) is 22.0. The van der Waals surface area contributed by atoms with Gasteiger partial charge in [0, 0.05) is 17.9 Å². The fourth-order valence-corrected chi connectivity index (χ4v) is 4.60. The number of aryl methyl sites for hydroxylation is 1. The smallest absolute Gasteiger partial charge is 0.270 e. The number of anilines is 3. The van der Waals surface area contributed by atoms with Crippen LogP contribution < -0.4 is 10.2 Å². The van der Waals surface area contributed by atoms with E-state index in [4.69, 9.17) is 4.74 Å². The Kier molecular flexibility index (Phi) is 8.07. The van der Waals surface area contributed by atoms with Gasteiger partial charge in [0.25, 0.3) is 5.95 Å². The van der Waals surface area contributed by atoms with Crippen LogP contribution in [-0.4, -0.2) is 40.9 Å². The third-order valence-electron chi connectivity index (χ3n) is 6.69. The summed E-state index contributed by atoms with van der Waals surface area (Å²) in [7, 11) is 0. The van der Waals surface area contributed by atoms with Gasteiger partial charge in [-0.2, -0.15) is 10.1 Å². The number of ether oxygens (including phenoxy) is 1. The van der Waals surface area contributed by atoms with Crippen molar-refractivity contribution in [3.05, 3.63) is 89.9 Å². The van der Waals surface area contributed by atoms with E-state index in [1.807, 2.05) is 60.4 Å². The SMILES string of the molecule is CCc1cc(Nc2ccc(-c3cccc(O)c3)cc2)ccc1CN=Nc1ncc(F)c(N2CCOCC2C)n1. The number of hydrogen-bond acceptors (Lipinski definition) is 8. The van der Waals surface area contributed by atoms with Crippen LogP contribution in [-0.2, 0) is 17.7 Å². The molecule has 8 nitrogen and oxygen atoms in total. The molecule has 5 rings (SSSR count). The predicted octanol–water partition coefficient (Wildman–Crippen LogP) is 6.80. The van der Waals surface area contributed by atoms with Gasteiger partial charge >= 0.3 is 0 Å². The van der Waals surface area contributed by atoms with Gasteiger partial charge in [-0.15, -0.1) is 5.11 Å². The van der Waals surface area contributed by atoms with Crippen molar-refractivity contribution in [3.63, 3.8) is 0 Å². The Bertz CT molecular complexity index is 1460. The summed E-state index contributed by atoms with van der Waals surface area (Å²) in [5.74, 6) is 0.136. The molecule has 39 heavy (non-hydrogen) atoms. The molecule has 1 aromatic heterocycles. The largest absolute Gasteiger partial charge is 0.508 e. The summed E-state index contributed by atoms with van der Waals surface area (Å²) in [5, 5.41) is 21.7. The van der Waals surface area contributed by atoms with Crippen molar-refractivity contribution in [1.82, 2.24) is 9.97 Å². The lowest BCUT2D eigenvalue weighted by molar-refractivity contribution is 0.0981. The molecule has 2 N–H and O–H groups in total. The van der Waals surface area contributed by atoms with Gasteiger partial charge in [-0.3, -0.25) is 0 Å². The van der Waals surface area contributed by atoms with Gasteiger partial charge in [0.05, 0.1) is 32.0 Å². The zero-order valence-corrected chi connectivity index (χ0v) is 22.0. The lowest BCUT2D eigenvalue weighted by Gasteiger charge is -2.34. The first-order chi connectivity index (χ1) is 19.0. The number of phenolic OH excluding ortho intramolecular Hbond substituents is 1. The van der Waals surface area contributed by atoms with Crippen molar-refractivity contribution < 1.29 is 14.2 Å². The average molecular weight is 527 g/mol. The highest BCUT2D eigenvalue weighted by Crippen LogP contribution is 2.27. The Balaban J connectivity index is 1.25. The number of rotatable bonds is 8. The van der Waals surface area contributed by atoms with E-state index in [1.165, 1.54) is 0 Å². The van der Waals surface area contributed by atoms with Crippen LogP contribution in [0.5, 0.6) is 5.75 Å². The van der Waals surface area contributed by atoms with Crippen LogP contribution in [0.3, 0.4) is 0 Å². The summed E-state index contributed by atoms with van der Waals surface area (Å²) in [5.41, 5.74) is 6.14. The normalized spacial score (nSPS) is 15.6. The van der Waals surface area contributed by atoms with Crippen LogP contribution in [0.25, 0.3) is 11.1 Å². The zero-order chi connectivity index (χ0) is 27.2. The highest BCUT2D eigenvalue weighted by atomic mass is 19.1. The van der Waals surface area contributed by atoms with Crippen LogP contribution in [0.1, 0.15) is 25.0 Å². The monoisotopic (exact) mass is 526 g/mol. The van der Waals surface area contributed by atoms with Crippen molar-refractivity contribution in [2.45, 2.75) is 32.9 Å². The van der Waals surface area contributed by atoms with E-state index >= 15 is 0 Å². The molecule has 9 heteroatoms. The lowest BCUT2D eigenvalue weighted by atomic mass is 10.0. The molecule has 4 aromatic rings. The van der Waals surface area contributed by atoms with E-state index in [0.29, 0.717) is 26.3 Å². The molecule has 2 heterocycles. The van der Waals surface area contributed by atoms with Gasteiger partial charge in [-0.1, -0.05) is 37.3 Å². The first kappa shape index (κ1) is 26.2. The van der Waals surface area contributed by atoms with E-state index in [0.717, 1.165) is 46.2 Å². The molecule has 1 saturated heterocycles. The van der Waals surface area contributed by atoms with Crippen molar-refractivity contribution in [3.8, 4) is 16.9 Å². The molecule has 1 aliphatic heterocycles. The van der Waals surface area contributed by atoms with Crippen LogP contribution in [0.4, 0.5) is 27.5 Å². The van der Waals surface area contributed by atoms with Crippen molar-refractivity contribution in [1.29, 1.82) is 0 Å². The minimum Gasteiger partial charge on any atom is -0.508 e. The average Bonchev–Trinajstić information content (AvgIpc) is 2.95. The fraction of sp³-hybridized carbons (Fsp3) is 0.267. The Morgan fingerprint density at radius 2 is 1.87 bits per heavy atom. The summed E-state index contributed by atoms with van der Waals surface area (Å²) < 4.78 is 19.9. The maximum absolute atomic E-state index is 14.4. The lowest BCUT2D eigenvalue weighted by Crippen LogP contribution is -2.44. The van der Waals surface area contributed by atoms with Crippen molar-refractivity contribution >= 4 is 23.1 Å². The second-order valence-corrected chi connectivity index (χ2v) is 9.45. The number of nitrogens with one attached hydrogen (secondary N) is 1. The molecule has 0 radical (unpaired) electrons. The molecule has 0 aliphatic carbocycles. The fourth-order valence-electron chi connectivity index (χ4n) is 4.60. The Hall–Kier alpha value is -4.37. The third kappa shape index (κ3) is 6.38. The van der Waals surface area contributed by atoms with Crippen molar-refractivity contribution in [2.24, 2.45) is 10.2 Å². The second kappa shape index (κ2) is 12.0. The van der Waals surface area contributed by atoms with Crippen LogP contribution in [0, 0.1) is 5.82 Å². The molecule has 1 aliphatic rings. The van der Waals surface area contributed by atoms with E-state index in [-0.39, 0.29) is 23.6 Å². The van der Waals surface area contributed by atoms with Gasteiger partial charge in [0.1, 0.15) is 5.75 Å². The number of benzene rings is 3. The number of aromatic hydroxyl groups is 1. The number of aromatic nitrogens is 2. The first-order valence-corrected chi connectivity index (χ1v) is 13.0. The molecule has 1 fully saturated rings. The molecular weight excluding hydrogens is 495 g/mol. The standard InChI is InChI=1S/C30H31FN6O2/c1-3-21-15-26(34-25-10-7-22(8-11-25)23-5-4-6-27(38)16-23)12-9-24(21)17-33-36-30-32-18-28(31)29(35-30)37-13-14-39-19-20(37)2/h4-12,15-16,18,20,34,38H,3,13-14,17,19H2,1-2H3. The van der Waals surface area contributed by atoms with E-state index in [2.05, 4.69) is 38.5 Å². The number of nitrogens with zero attached hydrogens (tertiary/aromatic N) is 5. The van der Waals surface area contributed by atoms with Crippen LogP contribution in [0.15, 0.2) is 83.2 Å². The molecule has 1 unspecified atom stereocenters. The van der Waals surface area contributed by atoms with Crippen molar-refractivity contribution in [2.75, 3.05) is 30.0 Å². The van der Waals surface area contributed by atoms with Gasteiger partial charge in [-0.05, 0) is 72.0 Å². The van der Waals surface area contributed by atoms with E-state index < -0.39 is 5.82 Å². The predicted molar refractivity (Wildman–Crippen MR) is 150 cm³/mol. The molecule has 0 saturated carbocycles. The summed E-state index contributed by atoms with van der Waals surface area (Å²) >= 11 is 0. The van der Waals surface area contributed by atoms with Crippen LogP contribution >= 0.6 is 0 Å². The molecule has 0 spiro atoms. The molecule has 0 bridgehead atoms. The topological polar surface area (TPSA) is 95.2 Å². The van der Waals surface area contributed by atoms with Gasteiger partial charge < -0.3 is 20.1 Å². The Morgan fingerprint density at radius 3 is 2.64 bits per heavy atom. The molecule has 200 valence electrons. The van der Waals surface area contributed by atoms with Gasteiger partial charge in [0.2, 0.25) is 0 Å². The number of morpholine rings is 1. The minimum atomic E-state index is -0.479. The first-order valence-electron chi connectivity index (χ1n) is 13.0. The number of phenols is 1. The Morgan fingerprint density at radius 1 is 1.05 bits per heavy atom. The van der Waals surface area contributed by atoms with E-state index in [9.17, 15) is 9.50 Å². The highest BCUT2D eigenvalue weighted by Gasteiger charge is 2.23. The quantitative estimate of drug-likeness (QED) is 0.245. The van der Waals surface area contributed by atoms with Gasteiger partial charge in [-0.25, -0.2) is 9.37 Å². The number of halogens is 1. The summed E-state index contributed by atoms with van der Waals surface area (Å²) in [6.45, 7) is 6.05. The number of hydrogen-bond donors (Lipinski definition) is 2. The molecular formula is C30H31FN6O2. The minimum absolute atomic E-state index is 0.0171. The summed E-state index contributed by atoms with van der Waals surface area (Å²) in [4.78, 5) is 10.2. The summed E-state index contributed by atoms with van der Waals surface area (Å²) in [6, 6.07) is 21.5. The van der Waals surface area contributed by atoms with Gasteiger partial charge in [0.15, 0.2) is 11.6 Å². The molecule has 3 aromatic carbocycles.